The number of benzene rings is 1. The fourth-order valence-corrected chi connectivity index (χ4v) is 5.50. The van der Waals surface area contributed by atoms with Gasteiger partial charge < -0.3 is 4.90 Å². The van der Waals surface area contributed by atoms with Gasteiger partial charge in [0.2, 0.25) is 5.91 Å². The number of hydrogen-bond acceptors (Lipinski definition) is 4. The number of piperazine rings is 1. The Bertz CT molecular complexity index is 799. The molecule has 0 aromatic heterocycles. The summed E-state index contributed by atoms with van der Waals surface area (Å²) in [5.41, 5.74) is 2.42. The van der Waals surface area contributed by atoms with Crippen molar-refractivity contribution in [1.29, 1.82) is 0 Å². The molecule has 148 valence electrons. The molecule has 0 aliphatic carbocycles. The summed E-state index contributed by atoms with van der Waals surface area (Å²) < 4.78 is 23.3. The summed E-state index contributed by atoms with van der Waals surface area (Å²) in [6, 6.07) is 8.44. The summed E-state index contributed by atoms with van der Waals surface area (Å²) >= 11 is 0. The van der Waals surface area contributed by atoms with E-state index < -0.39 is 9.84 Å². The Labute approximate surface area is 163 Å². The van der Waals surface area contributed by atoms with Crippen LogP contribution in [0.2, 0.25) is 0 Å². The SMILES string of the molecule is CC(C)(C)c1ccc(/C=C/C(=O)N2CCN(C3CCS(=O)(=O)C3)CC2)cc1. The summed E-state index contributed by atoms with van der Waals surface area (Å²) in [6.07, 6.45) is 4.23. The van der Waals surface area contributed by atoms with Crippen molar-refractivity contribution in [1.82, 2.24) is 9.80 Å². The van der Waals surface area contributed by atoms with Crippen molar-refractivity contribution in [3.05, 3.63) is 41.5 Å². The van der Waals surface area contributed by atoms with Crippen LogP contribution in [0.3, 0.4) is 0 Å². The molecular weight excluding hydrogens is 360 g/mol. The fraction of sp³-hybridized carbons (Fsp3) is 0.571. The largest absolute Gasteiger partial charge is 0.337 e. The standard InChI is InChI=1S/C21H30N2O3S/c1-21(2,3)18-7-4-17(5-8-18)6-9-20(24)23-13-11-22(12-14-23)19-10-15-27(25,26)16-19/h4-9,19H,10-16H2,1-3H3/b9-6+. The molecule has 1 aromatic carbocycles. The van der Waals surface area contributed by atoms with E-state index in [1.165, 1.54) is 5.56 Å². The molecule has 1 atom stereocenters. The van der Waals surface area contributed by atoms with Crippen LogP contribution in [0, 0.1) is 0 Å². The molecular formula is C21H30N2O3S. The fourth-order valence-electron chi connectivity index (χ4n) is 3.74. The highest BCUT2D eigenvalue weighted by molar-refractivity contribution is 7.91. The van der Waals surface area contributed by atoms with E-state index in [4.69, 9.17) is 0 Å². The van der Waals surface area contributed by atoms with Crippen LogP contribution in [0.1, 0.15) is 38.3 Å². The highest BCUT2D eigenvalue weighted by Gasteiger charge is 2.34. The zero-order chi connectivity index (χ0) is 19.7. The second-order valence-corrected chi connectivity index (χ2v) is 10.9. The van der Waals surface area contributed by atoms with Crippen molar-refractivity contribution in [3.8, 4) is 0 Å². The summed E-state index contributed by atoms with van der Waals surface area (Å²) in [5, 5.41) is 0. The summed E-state index contributed by atoms with van der Waals surface area (Å²) in [5.74, 6) is 0.590. The predicted octanol–water partition coefficient (Wildman–Crippen LogP) is 2.33. The first kappa shape index (κ1) is 20.1. The lowest BCUT2D eigenvalue weighted by Gasteiger charge is -2.37. The highest BCUT2D eigenvalue weighted by Crippen LogP contribution is 2.22. The topological polar surface area (TPSA) is 57.7 Å². The van der Waals surface area contributed by atoms with Crippen LogP contribution in [0.4, 0.5) is 0 Å². The second-order valence-electron chi connectivity index (χ2n) is 8.62. The van der Waals surface area contributed by atoms with Crippen molar-refractivity contribution in [2.75, 3.05) is 37.7 Å². The molecule has 3 rings (SSSR count). The van der Waals surface area contributed by atoms with E-state index >= 15 is 0 Å². The van der Waals surface area contributed by atoms with Crippen molar-refractivity contribution >= 4 is 21.8 Å². The van der Waals surface area contributed by atoms with Crippen LogP contribution in [-0.2, 0) is 20.0 Å². The van der Waals surface area contributed by atoms with Gasteiger partial charge in [-0.1, -0.05) is 45.0 Å². The van der Waals surface area contributed by atoms with Gasteiger partial charge in [0.25, 0.3) is 0 Å². The van der Waals surface area contributed by atoms with Crippen LogP contribution in [0.15, 0.2) is 30.3 Å². The van der Waals surface area contributed by atoms with E-state index in [1.807, 2.05) is 23.1 Å². The van der Waals surface area contributed by atoms with E-state index in [2.05, 4.69) is 37.8 Å². The molecule has 27 heavy (non-hydrogen) atoms. The van der Waals surface area contributed by atoms with Crippen LogP contribution < -0.4 is 0 Å². The third kappa shape index (κ3) is 5.20. The Kier molecular flexibility index (Phi) is 5.77. The molecule has 2 heterocycles. The average Bonchev–Trinajstić information content (AvgIpc) is 2.99. The smallest absolute Gasteiger partial charge is 0.246 e. The molecule has 1 unspecified atom stereocenters. The minimum atomic E-state index is -2.86. The molecule has 2 aliphatic rings. The number of amides is 1. The molecule has 2 fully saturated rings. The van der Waals surface area contributed by atoms with Crippen LogP contribution in [0.5, 0.6) is 0 Å². The van der Waals surface area contributed by atoms with Gasteiger partial charge in [0.1, 0.15) is 0 Å². The summed E-state index contributed by atoms with van der Waals surface area (Å²) in [7, 11) is -2.86. The molecule has 0 spiro atoms. The third-order valence-corrected chi connectivity index (χ3v) is 7.30. The Morgan fingerprint density at radius 2 is 1.70 bits per heavy atom. The first-order valence-electron chi connectivity index (χ1n) is 9.66. The minimum absolute atomic E-state index is 0.0218. The lowest BCUT2D eigenvalue weighted by molar-refractivity contribution is -0.127. The molecule has 0 bridgehead atoms. The number of sulfone groups is 1. The molecule has 6 heteroatoms. The van der Waals surface area contributed by atoms with Gasteiger partial charge in [-0.15, -0.1) is 0 Å². The van der Waals surface area contributed by atoms with E-state index in [1.54, 1.807) is 6.08 Å². The molecule has 2 saturated heterocycles. The van der Waals surface area contributed by atoms with Gasteiger partial charge in [-0.25, -0.2) is 8.42 Å². The summed E-state index contributed by atoms with van der Waals surface area (Å²) in [4.78, 5) is 16.5. The molecule has 2 aliphatic heterocycles. The third-order valence-electron chi connectivity index (χ3n) is 5.55. The van der Waals surface area contributed by atoms with Crippen molar-refractivity contribution in [2.45, 2.75) is 38.6 Å². The van der Waals surface area contributed by atoms with Gasteiger partial charge in [-0.05, 0) is 29.0 Å². The molecule has 0 radical (unpaired) electrons. The van der Waals surface area contributed by atoms with E-state index in [0.717, 1.165) is 25.1 Å². The summed E-state index contributed by atoms with van der Waals surface area (Å²) in [6.45, 7) is 9.36. The number of hydrogen-bond donors (Lipinski definition) is 0. The molecule has 0 saturated carbocycles. The zero-order valence-electron chi connectivity index (χ0n) is 16.5. The van der Waals surface area contributed by atoms with Crippen molar-refractivity contribution in [2.24, 2.45) is 0 Å². The van der Waals surface area contributed by atoms with Gasteiger partial charge in [0.15, 0.2) is 9.84 Å². The van der Waals surface area contributed by atoms with Crippen molar-refractivity contribution < 1.29 is 13.2 Å². The monoisotopic (exact) mass is 390 g/mol. The maximum atomic E-state index is 12.5. The number of rotatable bonds is 3. The lowest BCUT2D eigenvalue weighted by Crippen LogP contribution is -2.52. The minimum Gasteiger partial charge on any atom is -0.337 e. The quantitative estimate of drug-likeness (QED) is 0.744. The van der Waals surface area contributed by atoms with E-state index in [0.29, 0.717) is 18.8 Å². The molecule has 0 N–H and O–H groups in total. The Morgan fingerprint density at radius 1 is 1.07 bits per heavy atom. The lowest BCUT2D eigenvalue weighted by atomic mass is 9.87. The zero-order valence-corrected chi connectivity index (χ0v) is 17.3. The number of carbonyl (C=O) groups is 1. The van der Waals surface area contributed by atoms with Gasteiger partial charge >= 0.3 is 0 Å². The van der Waals surface area contributed by atoms with Crippen LogP contribution in [0.25, 0.3) is 6.08 Å². The van der Waals surface area contributed by atoms with Gasteiger partial charge in [0.05, 0.1) is 11.5 Å². The van der Waals surface area contributed by atoms with Crippen LogP contribution in [-0.4, -0.2) is 67.9 Å². The first-order chi connectivity index (χ1) is 12.6. The maximum Gasteiger partial charge on any atom is 0.246 e. The van der Waals surface area contributed by atoms with Gasteiger partial charge in [-0.3, -0.25) is 9.69 Å². The van der Waals surface area contributed by atoms with Crippen LogP contribution >= 0.6 is 0 Å². The Hall–Kier alpha value is -1.66. The van der Waals surface area contributed by atoms with E-state index in [-0.39, 0.29) is 23.1 Å². The second kappa shape index (κ2) is 7.76. The van der Waals surface area contributed by atoms with Gasteiger partial charge in [-0.2, -0.15) is 0 Å². The first-order valence-corrected chi connectivity index (χ1v) is 11.5. The highest BCUT2D eigenvalue weighted by atomic mass is 32.2. The predicted molar refractivity (Wildman–Crippen MR) is 109 cm³/mol. The average molecular weight is 391 g/mol. The molecule has 1 amide bonds. The molecule has 5 nitrogen and oxygen atoms in total. The Balaban J connectivity index is 1.51. The van der Waals surface area contributed by atoms with Crippen molar-refractivity contribution in [3.63, 3.8) is 0 Å². The Morgan fingerprint density at radius 3 is 2.22 bits per heavy atom. The maximum absolute atomic E-state index is 12.5. The van der Waals surface area contributed by atoms with Gasteiger partial charge in [0, 0.05) is 38.3 Å². The number of carbonyl (C=O) groups excluding carboxylic acids is 1. The van der Waals surface area contributed by atoms with E-state index in [9.17, 15) is 13.2 Å². The number of nitrogens with zero attached hydrogens (tertiary/aromatic N) is 2. The normalized spacial score (nSPS) is 23.8. The molecule has 1 aromatic rings.